The van der Waals surface area contributed by atoms with Crippen LogP contribution in [-0.2, 0) is 85.4 Å². The Balaban J connectivity index is 1.14. The summed E-state index contributed by atoms with van der Waals surface area (Å²) in [4.78, 5) is 10.8. The van der Waals surface area contributed by atoms with Gasteiger partial charge in [-0.1, -0.05) is 143 Å². The molecule has 0 saturated heterocycles. The van der Waals surface area contributed by atoms with Gasteiger partial charge >= 0.3 is 40.5 Å². The highest BCUT2D eigenvalue weighted by Gasteiger charge is 2.31. The van der Waals surface area contributed by atoms with E-state index in [0.29, 0.717) is 67.9 Å². The Morgan fingerprint density at radius 2 is 0.582 bits per heavy atom. The van der Waals surface area contributed by atoms with E-state index in [2.05, 4.69) is 78.6 Å². The molecule has 23 heteroatoms. The number of pyridine rings is 2. The van der Waals surface area contributed by atoms with Crippen molar-refractivity contribution in [1.29, 1.82) is 0 Å². The first-order chi connectivity index (χ1) is 43.6. The fourth-order valence-electron chi connectivity index (χ4n) is 10.5. The van der Waals surface area contributed by atoms with E-state index >= 15 is 0 Å². The molecular weight excluding hydrogens is 1500 g/mol. The van der Waals surface area contributed by atoms with E-state index in [-0.39, 0.29) is 102 Å². The molecule has 1 aliphatic rings. The molecular formula is C68H55Br4N3O12S4. The zero-order valence-corrected chi connectivity index (χ0v) is 57.8. The summed E-state index contributed by atoms with van der Waals surface area (Å²) in [7, 11) is -18.6. The number of halogens is 4. The second-order valence-corrected chi connectivity index (χ2v) is 31.2. The van der Waals surface area contributed by atoms with Gasteiger partial charge in [-0.05, 0) is 133 Å². The Hall–Kier alpha value is -7.06. The highest BCUT2D eigenvalue weighted by molar-refractivity contribution is 9.11. The van der Waals surface area contributed by atoms with Gasteiger partial charge in [0.25, 0.3) is 0 Å². The van der Waals surface area contributed by atoms with Crippen LogP contribution in [0.2, 0.25) is 0 Å². The first-order valence-electron chi connectivity index (χ1n) is 28.4. The molecule has 8 bridgehead atoms. The van der Waals surface area contributed by atoms with E-state index in [9.17, 15) is 33.7 Å². The van der Waals surface area contributed by atoms with Gasteiger partial charge in [-0.2, -0.15) is 33.7 Å². The maximum absolute atomic E-state index is 14.9. The molecule has 11 rings (SSSR count). The molecule has 10 aromatic rings. The lowest BCUT2D eigenvalue weighted by atomic mass is 9.90. The smallest absolute Gasteiger partial charge is 0.339 e. The first-order valence-corrected chi connectivity index (χ1v) is 37.2. The molecule has 0 radical (unpaired) electrons. The van der Waals surface area contributed by atoms with Gasteiger partial charge in [-0.15, -0.1) is 0 Å². The van der Waals surface area contributed by atoms with E-state index in [1.165, 1.54) is 48.5 Å². The fraction of sp³-hybridized carbons (Fsp3) is 0.147. The maximum Gasteiger partial charge on any atom is 0.339 e. The summed E-state index contributed by atoms with van der Waals surface area (Å²) >= 11 is 13.6. The third kappa shape index (κ3) is 16.4. The van der Waals surface area contributed by atoms with E-state index in [1.54, 1.807) is 116 Å². The molecule has 2 aromatic heterocycles. The number of fused-ring (bicyclic) bond motifs is 8. The van der Waals surface area contributed by atoms with Crippen LogP contribution in [0.3, 0.4) is 0 Å². The van der Waals surface area contributed by atoms with Crippen LogP contribution in [0.4, 0.5) is 0 Å². The molecule has 466 valence electrons. The highest BCUT2D eigenvalue weighted by Crippen LogP contribution is 2.42. The van der Waals surface area contributed by atoms with Crippen LogP contribution >= 0.6 is 63.7 Å². The van der Waals surface area contributed by atoms with Gasteiger partial charge in [0.1, 0.15) is 42.6 Å². The summed E-state index contributed by atoms with van der Waals surface area (Å²) < 4.78 is 146. The van der Waals surface area contributed by atoms with Gasteiger partial charge < -0.3 is 21.6 Å². The van der Waals surface area contributed by atoms with Crippen LogP contribution in [0.15, 0.2) is 250 Å². The summed E-state index contributed by atoms with van der Waals surface area (Å²) in [5.41, 5.74) is 4.80. The third-order valence-electron chi connectivity index (χ3n) is 15.1. The van der Waals surface area contributed by atoms with E-state index in [0.717, 1.165) is 17.0 Å². The van der Waals surface area contributed by atoms with Gasteiger partial charge in [-0.25, -0.2) is 0 Å². The minimum absolute atomic E-state index is 0.112. The summed E-state index contributed by atoms with van der Waals surface area (Å²) in [6.07, 6.45) is 4.39. The number of aromatic nitrogens is 2. The predicted octanol–water partition coefficient (Wildman–Crippen LogP) is 14.6. The lowest BCUT2D eigenvalue weighted by Gasteiger charge is -2.24. The van der Waals surface area contributed by atoms with Crippen molar-refractivity contribution in [2.45, 2.75) is 64.5 Å². The molecule has 0 amide bonds. The van der Waals surface area contributed by atoms with Gasteiger partial charge in [0, 0.05) is 144 Å². The number of hydrogen-bond acceptors (Lipinski definition) is 15. The lowest BCUT2D eigenvalue weighted by Crippen LogP contribution is -2.31. The Kier molecular flexibility index (Phi) is 20.4. The number of rotatable bonds is 21. The van der Waals surface area contributed by atoms with Crippen molar-refractivity contribution in [2.75, 3.05) is 19.6 Å². The van der Waals surface area contributed by atoms with Crippen LogP contribution in [0.5, 0.6) is 23.0 Å². The Morgan fingerprint density at radius 1 is 0.319 bits per heavy atom. The molecule has 91 heavy (non-hydrogen) atoms. The summed E-state index contributed by atoms with van der Waals surface area (Å²) in [5, 5.41) is 0. The van der Waals surface area contributed by atoms with Crippen LogP contribution in [0, 0.1) is 0 Å². The minimum atomic E-state index is -4.69. The van der Waals surface area contributed by atoms with Gasteiger partial charge in [-0.3, -0.25) is 9.97 Å². The molecule has 0 saturated carbocycles. The summed E-state index contributed by atoms with van der Waals surface area (Å²) in [5.74, 6) is -0.464. The standard InChI is InChI=1S/C68H55Br4N3O12S4/c69-55-16-24-61(25-17-55)88(76,77)84-65-47-8-5-9-48(65)43-50-11-7-13-52(67(50)86-90(80,81)63-28-20-57(71)21-29-63)45-54-41-46(32-37-75(38-33-59-14-1-3-35-73-59)39-34-60-15-2-4-36-74-60)40-53(68(54)87-91(82,83)64-30-22-58(72)23-31-64)44-51-12-6-10-49(42-47)66(51)85-89(78,79)62-26-18-56(70)19-27-62/h1-31,35-36,40-41H,32-34,37-39,42-45H2. The van der Waals surface area contributed by atoms with Gasteiger partial charge in [0.15, 0.2) is 0 Å². The number of nitrogens with zero attached hydrogens (tertiary/aromatic N) is 3. The van der Waals surface area contributed by atoms with Gasteiger partial charge in [0.05, 0.1) is 0 Å². The number of hydrogen-bond donors (Lipinski definition) is 0. The van der Waals surface area contributed by atoms with E-state index < -0.39 is 40.5 Å². The second-order valence-electron chi connectivity index (χ2n) is 21.4. The van der Waals surface area contributed by atoms with Crippen molar-refractivity contribution < 1.29 is 50.4 Å². The van der Waals surface area contributed by atoms with E-state index in [1.807, 2.05) is 48.5 Å². The Morgan fingerprint density at radius 3 is 0.857 bits per heavy atom. The largest absolute Gasteiger partial charge is 0.378 e. The molecule has 0 fully saturated rings. The minimum Gasteiger partial charge on any atom is -0.378 e. The average molecular weight is 1550 g/mol. The Labute approximate surface area is 563 Å². The van der Waals surface area contributed by atoms with Crippen molar-refractivity contribution in [1.82, 2.24) is 14.9 Å². The molecule has 1 aliphatic carbocycles. The number of para-hydroxylation sites is 3. The number of benzene rings is 8. The topological polar surface area (TPSA) is 202 Å². The van der Waals surface area contributed by atoms with Gasteiger partial charge in [0.2, 0.25) is 0 Å². The summed E-state index contributed by atoms with van der Waals surface area (Å²) in [6.45, 7) is 1.75. The molecule has 0 aliphatic heterocycles. The molecule has 0 atom stereocenters. The van der Waals surface area contributed by atoms with Crippen LogP contribution < -0.4 is 16.7 Å². The lowest BCUT2D eigenvalue weighted by molar-refractivity contribution is 0.282. The molecule has 15 nitrogen and oxygen atoms in total. The summed E-state index contributed by atoms with van der Waals surface area (Å²) in [6, 6.07) is 54.0. The van der Waals surface area contributed by atoms with Crippen molar-refractivity contribution in [3.63, 3.8) is 0 Å². The van der Waals surface area contributed by atoms with Crippen molar-refractivity contribution in [2.24, 2.45) is 0 Å². The van der Waals surface area contributed by atoms with Crippen molar-refractivity contribution >= 4 is 104 Å². The van der Waals surface area contributed by atoms with E-state index in [4.69, 9.17) is 16.7 Å². The first kappa shape index (κ1) is 65.4. The van der Waals surface area contributed by atoms with Crippen LogP contribution in [0.25, 0.3) is 0 Å². The normalized spacial score (nSPS) is 12.7. The van der Waals surface area contributed by atoms with Crippen LogP contribution in [0.1, 0.15) is 61.5 Å². The fourth-order valence-corrected chi connectivity index (χ4v) is 15.6. The predicted molar refractivity (Wildman–Crippen MR) is 361 cm³/mol. The van der Waals surface area contributed by atoms with Crippen molar-refractivity contribution in [3.05, 3.63) is 292 Å². The molecule has 2 heterocycles. The zero-order valence-electron chi connectivity index (χ0n) is 48.2. The van der Waals surface area contributed by atoms with Crippen molar-refractivity contribution in [3.8, 4) is 23.0 Å². The van der Waals surface area contributed by atoms with Crippen LogP contribution in [-0.4, -0.2) is 68.2 Å². The zero-order chi connectivity index (χ0) is 63.9. The second kappa shape index (κ2) is 28.4. The highest BCUT2D eigenvalue weighted by atomic mass is 79.9. The Bertz CT molecular complexity index is 4540. The molecule has 0 N–H and O–H groups in total. The maximum atomic E-state index is 14.9. The molecule has 0 unspecified atom stereocenters. The SMILES string of the molecule is O=S(=O)(Oc1c2cccc1Cc1cccc(c1OS(=O)(=O)c1ccc(Br)cc1)Cc1cc(CCN(CCc3ccccn3)CCc3ccccn3)cc(c1OS(=O)(=O)c1ccc(Br)cc1)Cc1cccc(c1OS(=O)(=O)c1ccc(Br)cc1)C2)c1ccc(Br)cc1. The quantitative estimate of drug-likeness (QED) is 0.0614. The average Bonchev–Trinajstić information content (AvgIpc) is 0.814. The monoisotopic (exact) mass is 1550 g/mol. The molecule has 8 aromatic carbocycles. The third-order valence-corrected chi connectivity index (χ3v) is 22.1. The molecule has 0 spiro atoms.